The predicted molar refractivity (Wildman–Crippen MR) is 59.0 cm³/mol. The average Bonchev–Trinajstić information content (AvgIpc) is 2.42. The predicted octanol–water partition coefficient (Wildman–Crippen LogP) is 1.17. The quantitative estimate of drug-likeness (QED) is 0.885. The van der Waals surface area contributed by atoms with Gasteiger partial charge in [0.2, 0.25) is 0 Å². The molecule has 0 aliphatic heterocycles. The van der Waals surface area contributed by atoms with E-state index in [4.69, 9.17) is 0 Å². The number of hydrogen-bond donors (Lipinski definition) is 1. The Hall–Kier alpha value is -0.390. The van der Waals surface area contributed by atoms with E-state index in [1.807, 2.05) is 26.0 Å². The summed E-state index contributed by atoms with van der Waals surface area (Å²) in [4.78, 5) is 2.05. The van der Waals surface area contributed by atoms with Gasteiger partial charge >= 0.3 is 0 Å². The van der Waals surface area contributed by atoms with E-state index in [9.17, 15) is 5.11 Å². The first-order chi connectivity index (χ1) is 6.52. The summed E-state index contributed by atoms with van der Waals surface area (Å²) >= 11 is 3.37. The third-order valence-corrected chi connectivity index (χ3v) is 2.71. The van der Waals surface area contributed by atoms with E-state index in [1.165, 1.54) is 0 Å². The topological polar surface area (TPSA) is 41.3 Å². The second-order valence-electron chi connectivity index (χ2n) is 3.61. The van der Waals surface area contributed by atoms with Crippen molar-refractivity contribution in [1.29, 1.82) is 0 Å². The molecule has 1 aromatic heterocycles. The molecule has 0 saturated carbocycles. The van der Waals surface area contributed by atoms with Crippen LogP contribution in [0.4, 0.5) is 0 Å². The van der Waals surface area contributed by atoms with Crippen LogP contribution in [0.1, 0.15) is 18.2 Å². The van der Waals surface area contributed by atoms with E-state index in [-0.39, 0.29) is 0 Å². The van der Waals surface area contributed by atoms with Crippen molar-refractivity contribution in [1.82, 2.24) is 14.7 Å². The molecule has 0 fully saturated rings. The summed E-state index contributed by atoms with van der Waals surface area (Å²) in [5.41, 5.74) is 0.840. The van der Waals surface area contributed by atoms with Crippen LogP contribution in [-0.4, -0.2) is 40.4 Å². The Bertz CT molecular complexity index is 279. The number of aliphatic hydroxyl groups is 1. The van der Waals surface area contributed by atoms with Crippen LogP contribution < -0.4 is 0 Å². The lowest BCUT2D eigenvalue weighted by atomic mass is 10.2. The lowest BCUT2D eigenvalue weighted by molar-refractivity contribution is 0.145. The Morgan fingerprint density at radius 3 is 2.71 bits per heavy atom. The van der Waals surface area contributed by atoms with Gasteiger partial charge in [0, 0.05) is 13.6 Å². The molecule has 0 amide bonds. The van der Waals surface area contributed by atoms with Crippen LogP contribution in [0.25, 0.3) is 0 Å². The summed E-state index contributed by atoms with van der Waals surface area (Å²) in [5, 5.41) is 14.0. The molecule has 1 heterocycles. The van der Waals surface area contributed by atoms with Crippen molar-refractivity contribution >= 4 is 15.9 Å². The molecule has 0 saturated heterocycles. The second-order valence-corrected chi connectivity index (χ2v) is 4.46. The van der Waals surface area contributed by atoms with Crippen molar-refractivity contribution in [3.05, 3.63) is 16.4 Å². The highest BCUT2D eigenvalue weighted by Gasteiger charge is 2.15. The van der Waals surface area contributed by atoms with Gasteiger partial charge in [0.05, 0.1) is 22.5 Å². The molecule has 0 spiro atoms. The monoisotopic (exact) mass is 261 g/mol. The lowest BCUT2D eigenvalue weighted by Gasteiger charge is -2.15. The molecular weight excluding hydrogens is 246 g/mol. The summed E-state index contributed by atoms with van der Waals surface area (Å²) in [6, 6.07) is 0. The summed E-state index contributed by atoms with van der Waals surface area (Å²) in [6.45, 7) is 0.860. The van der Waals surface area contributed by atoms with Crippen LogP contribution >= 0.6 is 15.9 Å². The van der Waals surface area contributed by atoms with Gasteiger partial charge in [-0.2, -0.15) is 5.10 Å². The molecule has 0 aromatic carbocycles. The third-order valence-electron chi connectivity index (χ3n) is 2.10. The van der Waals surface area contributed by atoms with Gasteiger partial charge < -0.3 is 10.0 Å². The highest BCUT2D eigenvalue weighted by atomic mass is 79.9. The van der Waals surface area contributed by atoms with E-state index in [0.29, 0.717) is 6.42 Å². The molecule has 80 valence electrons. The minimum atomic E-state index is -0.459. The lowest BCUT2D eigenvalue weighted by Crippen LogP contribution is -2.17. The van der Waals surface area contributed by atoms with E-state index in [1.54, 1.807) is 10.9 Å². The SMILES string of the molecule is CN(C)CCC(O)c1c(Br)cnn1C. The Labute approximate surface area is 92.6 Å². The third kappa shape index (κ3) is 2.80. The molecule has 0 radical (unpaired) electrons. The second kappa shape index (κ2) is 4.91. The maximum absolute atomic E-state index is 9.90. The molecular formula is C9H16BrN3O. The van der Waals surface area contributed by atoms with Crippen LogP contribution in [0.3, 0.4) is 0 Å². The molecule has 5 heteroatoms. The minimum Gasteiger partial charge on any atom is -0.387 e. The van der Waals surface area contributed by atoms with Gasteiger partial charge in [0.25, 0.3) is 0 Å². The van der Waals surface area contributed by atoms with E-state index in [0.717, 1.165) is 16.7 Å². The highest BCUT2D eigenvalue weighted by Crippen LogP contribution is 2.24. The van der Waals surface area contributed by atoms with Crippen molar-refractivity contribution in [2.24, 2.45) is 7.05 Å². The molecule has 1 unspecified atom stereocenters. The molecule has 14 heavy (non-hydrogen) atoms. The van der Waals surface area contributed by atoms with E-state index in [2.05, 4.69) is 21.0 Å². The van der Waals surface area contributed by atoms with Gasteiger partial charge in [-0.25, -0.2) is 0 Å². The Morgan fingerprint density at radius 1 is 1.64 bits per heavy atom. The molecule has 4 nitrogen and oxygen atoms in total. The fourth-order valence-corrected chi connectivity index (χ4v) is 1.92. The van der Waals surface area contributed by atoms with Crippen LogP contribution in [0.2, 0.25) is 0 Å². The molecule has 0 bridgehead atoms. The average molecular weight is 262 g/mol. The molecule has 1 rings (SSSR count). The van der Waals surface area contributed by atoms with Gasteiger partial charge in [-0.3, -0.25) is 4.68 Å². The Balaban J connectivity index is 2.64. The van der Waals surface area contributed by atoms with Gasteiger partial charge in [0.1, 0.15) is 0 Å². The van der Waals surface area contributed by atoms with Crippen LogP contribution in [0, 0.1) is 0 Å². The van der Waals surface area contributed by atoms with Crippen molar-refractivity contribution in [2.75, 3.05) is 20.6 Å². The molecule has 0 aliphatic rings. The van der Waals surface area contributed by atoms with E-state index >= 15 is 0 Å². The van der Waals surface area contributed by atoms with Gasteiger partial charge in [-0.15, -0.1) is 0 Å². The smallest absolute Gasteiger partial charge is 0.0980 e. The normalized spacial score (nSPS) is 13.6. The number of halogens is 1. The number of aryl methyl sites for hydroxylation is 1. The zero-order valence-corrected chi connectivity index (χ0v) is 10.3. The summed E-state index contributed by atoms with van der Waals surface area (Å²) < 4.78 is 2.57. The summed E-state index contributed by atoms with van der Waals surface area (Å²) in [6.07, 6.45) is 1.96. The fourth-order valence-electron chi connectivity index (χ4n) is 1.31. The maximum atomic E-state index is 9.90. The fraction of sp³-hybridized carbons (Fsp3) is 0.667. The van der Waals surface area contributed by atoms with Crippen LogP contribution in [0.5, 0.6) is 0 Å². The van der Waals surface area contributed by atoms with Crippen LogP contribution in [0.15, 0.2) is 10.7 Å². The van der Waals surface area contributed by atoms with Crippen molar-refractivity contribution in [3.8, 4) is 0 Å². The Kier molecular flexibility index (Phi) is 4.10. The number of nitrogens with zero attached hydrogens (tertiary/aromatic N) is 3. The standard InChI is InChI=1S/C9H16BrN3O/c1-12(2)5-4-8(14)9-7(10)6-11-13(9)3/h6,8,14H,4-5H2,1-3H3. The minimum absolute atomic E-state index is 0.459. The maximum Gasteiger partial charge on any atom is 0.0980 e. The van der Waals surface area contributed by atoms with Gasteiger partial charge in [-0.1, -0.05) is 0 Å². The largest absolute Gasteiger partial charge is 0.387 e. The van der Waals surface area contributed by atoms with Crippen molar-refractivity contribution in [3.63, 3.8) is 0 Å². The number of hydrogen-bond acceptors (Lipinski definition) is 3. The van der Waals surface area contributed by atoms with Gasteiger partial charge in [0.15, 0.2) is 0 Å². The van der Waals surface area contributed by atoms with E-state index < -0.39 is 6.10 Å². The highest BCUT2D eigenvalue weighted by molar-refractivity contribution is 9.10. The number of rotatable bonds is 4. The zero-order valence-electron chi connectivity index (χ0n) is 8.74. The number of aliphatic hydroxyl groups excluding tert-OH is 1. The van der Waals surface area contributed by atoms with Crippen LogP contribution in [-0.2, 0) is 7.05 Å². The molecule has 1 N–H and O–H groups in total. The molecule has 1 aromatic rings. The zero-order chi connectivity index (χ0) is 10.7. The Morgan fingerprint density at radius 2 is 2.29 bits per heavy atom. The van der Waals surface area contributed by atoms with Crippen molar-refractivity contribution < 1.29 is 5.11 Å². The first-order valence-electron chi connectivity index (χ1n) is 4.52. The van der Waals surface area contributed by atoms with Crippen molar-refractivity contribution in [2.45, 2.75) is 12.5 Å². The first kappa shape index (κ1) is 11.7. The first-order valence-corrected chi connectivity index (χ1v) is 5.32. The summed E-state index contributed by atoms with van der Waals surface area (Å²) in [5.74, 6) is 0. The molecule has 1 atom stereocenters. The molecule has 0 aliphatic carbocycles. The number of aromatic nitrogens is 2. The summed E-state index contributed by atoms with van der Waals surface area (Å²) in [7, 11) is 5.81. The van der Waals surface area contributed by atoms with Gasteiger partial charge in [-0.05, 0) is 36.4 Å².